The maximum Gasteiger partial charge on any atom is 0.251 e. The average Bonchev–Trinajstić information content (AvgIpc) is 3.73. The number of benzene rings is 2. The Morgan fingerprint density at radius 1 is 1.04 bits per heavy atom. The second-order valence-corrected chi connectivity index (χ2v) is 20.8. The molecule has 1 fully saturated rings. The number of ether oxygens (including phenoxy) is 1. The number of piperidine rings is 1. The molecule has 1 saturated heterocycles. The molecular formula is C39H49F2N9O3Si. The largest absolute Gasteiger partial charge is 0.369 e. The zero-order valence-corrected chi connectivity index (χ0v) is 32.6. The summed E-state index contributed by atoms with van der Waals surface area (Å²) in [5.41, 5.74) is 9.50. The topological polar surface area (TPSA) is 145 Å². The standard InChI is InChI=1S/C39H49F2N9O3Si/c1-6-27-19-28(7-8-29(27)39(52)45-20-26-11-14-48(15-12-26)23-34(42)51)46-37-38-44-21-33(50(38)16-13-43-37)31-10-9-30(35(40)36(31)41)32-22-49(47-25(32)2)24-53-17-18-54(3,4)5/h7-10,13,16,19,21-22,26H,6,11-12,14-15,17-18,20,23-24H2,1-5H3,(H2,42,51)(H,43,46)(H,45,52). The highest BCUT2D eigenvalue weighted by Crippen LogP contribution is 2.34. The Kier molecular flexibility index (Phi) is 11.9. The number of primary amides is 1. The molecule has 0 bridgehead atoms. The fourth-order valence-electron chi connectivity index (χ4n) is 6.77. The number of anilines is 2. The van der Waals surface area contributed by atoms with E-state index in [0.717, 1.165) is 37.5 Å². The summed E-state index contributed by atoms with van der Waals surface area (Å²) in [7, 11) is -1.23. The SMILES string of the molecule is CCc1cc(Nc2nccn3c(-c4ccc(-c5cn(COCC[Si](C)(C)C)nc5C)c(F)c4F)cnc23)ccc1C(=O)NCC1CCN(CC(N)=O)CC1. The van der Waals surface area contributed by atoms with Crippen molar-refractivity contribution in [3.05, 3.63) is 83.6 Å². The minimum atomic E-state index is -1.23. The fraction of sp³-hybridized carbons (Fsp3) is 0.410. The average molecular weight is 758 g/mol. The Morgan fingerprint density at radius 3 is 2.50 bits per heavy atom. The molecule has 286 valence electrons. The summed E-state index contributed by atoms with van der Waals surface area (Å²) >= 11 is 0. The number of nitrogens with zero attached hydrogens (tertiary/aromatic N) is 6. The van der Waals surface area contributed by atoms with Gasteiger partial charge in [0.2, 0.25) is 5.91 Å². The van der Waals surface area contributed by atoms with E-state index >= 15 is 8.78 Å². The molecule has 6 rings (SSSR count). The van der Waals surface area contributed by atoms with Crippen LogP contribution in [-0.2, 0) is 22.7 Å². The Bertz CT molecular complexity index is 2140. The molecule has 0 saturated carbocycles. The molecule has 0 spiro atoms. The summed E-state index contributed by atoms with van der Waals surface area (Å²) in [5, 5.41) is 10.8. The number of amides is 2. The number of nitrogens with two attached hydrogens (primary N) is 1. The highest BCUT2D eigenvalue weighted by Gasteiger charge is 2.23. The Hall–Kier alpha value is -4.99. The van der Waals surface area contributed by atoms with Crippen molar-refractivity contribution in [1.82, 2.24) is 34.4 Å². The third kappa shape index (κ3) is 9.02. The zero-order chi connectivity index (χ0) is 38.6. The van der Waals surface area contributed by atoms with Crippen LogP contribution in [-0.4, -0.2) is 81.7 Å². The molecule has 4 N–H and O–H groups in total. The van der Waals surface area contributed by atoms with Gasteiger partial charge >= 0.3 is 0 Å². The summed E-state index contributed by atoms with van der Waals surface area (Å²) < 4.78 is 40.7. The van der Waals surface area contributed by atoms with Crippen LogP contribution in [0.15, 0.2) is 55.1 Å². The predicted octanol–water partition coefficient (Wildman–Crippen LogP) is 6.39. The second-order valence-electron chi connectivity index (χ2n) is 15.2. The van der Waals surface area contributed by atoms with Gasteiger partial charge in [0.05, 0.1) is 24.1 Å². The molecule has 2 aromatic carbocycles. The zero-order valence-electron chi connectivity index (χ0n) is 31.6. The lowest BCUT2D eigenvalue weighted by molar-refractivity contribution is -0.119. The maximum atomic E-state index is 15.8. The lowest BCUT2D eigenvalue weighted by atomic mass is 9.96. The normalized spacial score (nSPS) is 14.1. The van der Waals surface area contributed by atoms with Crippen molar-refractivity contribution in [3.8, 4) is 22.4 Å². The number of hydrogen-bond donors (Lipinski definition) is 3. The number of fused-ring (bicyclic) bond motifs is 1. The van der Waals surface area contributed by atoms with E-state index in [1.165, 1.54) is 6.20 Å². The molecule has 0 unspecified atom stereocenters. The molecule has 54 heavy (non-hydrogen) atoms. The molecule has 0 radical (unpaired) electrons. The third-order valence-corrected chi connectivity index (χ3v) is 11.6. The first kappa shape index (κ1) is 38.7. The first-order valence-corrected chi connectivity index (χ1v) is 22.1. The molecule has 1 aliphatic heterocycles. The van der Waals surface area contributed by atoms with Gasteiger partial charge in [-0.05, 0) is 81.1 Å². The van der Waals surface area contributed by atoms with Crippen molar-refractivity contribution < 1.29 is 23.1 Å². The van der Waals surface area contributed by atoms with E-state index in [-0.39, 0.29) is 36.2 Å². The number of hydrogen-bond acceptors (Lipinski definition) is 8. The quantitative estimate of drug-likeness (QED) is 0.0824. The van der Waals surface area contributed by atoms with E-state index in [1.54, 1.807) is 52.8 Å². The predicted molar refractivity (Wildman–Crippen MR) is 208 cm³/mol. The summed E-state index contributed by atoms with van der Waals surface area (Å²) in [5.74, 6) is -1.68. The van der Waals surface area contributed by atoms with Crippen LogP contribution < -0.4 is 16.4 Å². The summed E-state index contributed by atoms with van der Waals surface area (Å²) in [6.45, 7) is 13.8. The van der Waals surface area contributed by atoms with Crippen LogP contribution in [0.25, 0.3) is 28.0 Å². The van der Waals surface area contributed by atoms with Crippen molar-refractivity contribution in [2.24, 2.45) is 11.7 Å². The van der Waals surface area contributed by atoms with Gasteiger partial charge < -0.3 is 21.1 Å². The Balaban J connectivity index is 1.14. The second kappa shape index (κ2) is 16.6. The fourth-order valence-corrected chi connectivity index (χ4v) is 7.53. The van der Waals surface area contributed by atoms with Gasteiger partial charge in [-0.2, -0.15) is 5.10 Å². The number of carbonyl (C=O) groups is 2. The van der Waals surface area contributed by atoms with Crippen LogP contribution in [0.5, 0.6) is 0 Å². The number of rotatable bonds is 15. The first-order valence-electron chi connectivity index (χ1n) is 18.4. The summed E-state index contributed by atoms with van der Waals surface area (Å²) in [4.78, 5) is 35.5. The Morgan fingerprint density at radius 2 is 1.78 bits per heavy atom. The number of aromatic nitrogens is 5. The number of carbonyl (C=O) groups excluding carboxylic acids is 2. The van der Waals surface area contributed by atoms with Crippen LogP contribution in [0.4, 0.5) is 20.3 Å². The van der Waals surface area contributed by atoms with Gasteiger partial charge in [-0.15, -0.1) is 0 Å². The molecule has 15 heteroatoms. The van der Waals surface area contributed by atoms with Crippen molar-refractivity contribution >= 4 is 37.0 Å². The van der Waals surface area contributed by atoms with Crippen LogP contribution in [0.2, 0.25) is 25.7 Å². The molecule has 4 heterocycles. The van der Waals surface area contributed by atoms with E-state index in [9.17, 15) is 9.59 Å². The first-order chi connectivity index (χ1) is 25.8. The lowest BCUT2D eigenvalue weighted by Gasteiger charge is -2.31. The van der Waals surface area contributed by atoms with Crippen molar-refractivity contribution in [1.29, 1.82) is 0 Å². The van der Waals surface area contributed by atoms with Crippen molar-refractivity contribution in [2.75, 3.05) is 38.1 Å². The molecule has 12 nitrogen and oxygen atoms in total. The van der Waals surface area contributed by atoms with Crippen LogP contribution in [0.1, 0.15) is 41.4 Å². The summed E-state index contributed by atoms with van der Waals surface area (Å²) in [6.07, 6.45) is 8.79. The monoisotopic (exact) mass is 757 g/mol. The lowest BCUT2D eigenvalue weighted by Crippen LogP contribution is -2.42. The van der Waals surface area contributed by atoms with E-state index in [1.807, 2.05) is 24.0 Å². The van der Waals surface area contributed by atoms with Crippen LogP contribution >= 0.6 is 0 Å². The number of aryl methyl sites for hydroxylation is 2. The molecule has 5 aromatic rings. The Labute approximate surface area is 315 Å². The smallest absolute Gasteiger partial charge is 0.251 e. The number of imidazole rings is 1. The number of halogens is 2. The third-order valence-electron chi connectivity index (χ3n) is 9.87. The van der Waals surface area contributed by atoms with E-state index in [0.29, 0.717) is 65.2 Å². The van der Waals surface area contributed by atoms with Crippen molar-refractivity contribution in [2.45, 2.75) is 65.5 Å². The molecule has 3 aromatic heterocycles. The molecule has 1 aliphatic rings. The summed E-state index contributed by atoms with van der Waals surface area (Å²) in [6, 6.07) is 9.64. The van der Waals surface area contributed by atoms with Gasteiger partial charge in [0.25, 0.3) is 5.91 Å². The highest BCUT2D eigenvalue weighted by atomic mass is 28.3. The number of likely N-dealkylation sites (tertiary alicyclic amines) is 1. The van der Waals surface area contributed by atoms with Crippen LogP contribution in [0, 0.1) is 24.5 Å². The van der Waals surface area contributed by atoms with Crippen LogP contribution in [0.3, 0.4) is 0 Å². The molecule has 0 atom stereocenters. The van der Waals surface area contributed by atoms with Gasteiger partial charge in [0, 0.05) is 67.8 Å². The maximum absolute atomic E-state index is 15.8. The van der Waals surface area contributed by atoms with Crippen molar-refractivity contribution in [3.63, 3.8) is 0 Å². The number of nitrogens with one attached hydrogen (secondary N) is 2. The molecular weight excluding hydrogens is 709 g/mol. The van der Waals surface area contributed by atoms with Gasteiger partial charge in [-0.25, -0.2) is 23.4 Å². The van der Waals surface area contributed by atoms with Gasteiger partial charge in [-0.1, -0.05) is 32.6 Å². The van der Waals surface area contributed by atoms with E-state index < -0.39 is 19.7 Å². The molecule has 2 amide bonds. The van der Waals surface area contributed by atoms with E-state index in [4.69, 9.17) is 10.5 Å². The van der Waals surface area contributed by atoms with E-state index in [2.05, 4.69) is 45.3 Å². The highest BCUT2D eigenvalue weighted by molar-refractivity contribution is 6.76. The van der Waals surface area contributed by atoms with Gasteiger partial charge in [0.15, 0.2) is 23.1 Å². The minimum Gasteiger partial charge on any atom is -0.369 e. The van der Waals surface area contributed by atoms with Gasteiger partial charge in [-0.3, -0.25) is 18.9 Å². The van der Waals surface area contributed by atoms with Gasteiger partial charge in [0.1, 0.15) is 6.73 Å². The minimum absolute atomic E-state index is 0.0560. The molecule has 0 aliphatic carbocycles.